The van der Waals surface area contributed by atoms with Gasteiger partial charge in [0.05, 0.1) is 5.41 Å². The molecule has 0 aromatic heterocycles. The van der Waals surface area contributed by atoms with Gasteiger partial charge in [-0.2, -0.15) is 0 Å². The van der Waals surface area contributed by atoms with E-state index < -0.39 is 0 Å². The quantitative estimate of drug-likeness (QED) is 0.671. The zero-order chi connectivity index (χ0) is 19.4. The Labute approximate surface area is 164 Å². The highest BCUT2D eigenvalue weighted by Crippen LogP contribution is 2.47. The molecule has 0 aromatic rings. The lowest BCUT2D eigenvalue weighted by Gasteiger charge is -2.53. The molecule has 3 rings (SSSR count). The van der Waals surface area contributed by atoms with Crippen LogP contribution < -0.4 is 0 Å². The number of piperidine rings is 1. The van der Waals surface area contributed by atoms with Gasteiger partial charge < -0.3 is 9.80 Å². The van der Waals surface area contributed by atoms with Crippen LogP contribution in [-0.4, -0.2) is 71.8 Å². The largest absolute Gasteiger partial charge is 0.340 e. The van der Waals surface area contributed by atoms with Crippen LogP contribution in [0.5, 0.6) is 0 Å². The Morgan fingerprint density at radius 1 is 1.22 bits per heavy atom. The molecule has 3 fully saturated rings. The average Bonchev–Trinajstić information content (AvgIpc) is 2.67. The fourth-order valence-corrected chi connectivity index (χ4v) is 5.28. The van der Waals surface area contributed by atoms with Gasteiger partial charge in [-0.05, 0) is 31.6 Å². The average molecular weight is 376 g/mol. The maximum Gasteiger partial charge on any atom is 0.230 e. The summed E-state index contributed by atoms with van der Waals surface area (Å²) in [5.41, 5.74) is -0.330. The van der Waals surface area contributed by atoms with E-state index in [0.717, 1.165) is 77.8 Å². The summed E-state index contributed by atoms with van der Waals surface area (Å²) in [5.74, 6) is 1.17. The van der Waals surface area contributed by atoms with Crippen molar-refractivity contribution in [3.63, 3.8) is 0 Å². The van der Waals surface area contributed by atoms with Gasteiger partial charge in [-0.15, -0.1) is 6.58 Å². The maximum absolute atomic E-state index is 13.7. The van der Waals surface area contributed by atoms with E-state index in [0.29, 0.717) is 18.2 Å². The number of carbonyl (C=O) groups is 2. The summed E-state index contributed by atoms with van der Waals surface area (Å²) in [6.45, 7) is 13.4. The van der Waals surface area contributed by atoms with E-state index in [1.54, 1.807) is 0 Å². The van der Waals surface area contributed by atoms with Gasteiger partial charge in [-0.3, -0.25) is 14.5 Å². The molecular weight excluding hydrogens is 338 g/mol. The van der Waals surface area contributed by atoms with Crippen molar-refractivity contribution in [3.8, 4) is 0 Å². The van der Waals surface area contributed by atoms with E-state index in [9.17, 15) is 9.59 Å². The van der Waals surface area contributed by atoms with E-state index in [-0.39, 0.29) is 17.4 Å². The van der Waals surface area contributed by atoms with Crippen molar-refractivity contribution in [2.45, 2.75) is 64.8 Å². The lowest BCUT2D eigenvalue weighted by molar-refractivity contribution is -0.163. The molecule has 5 nitrogen and oxygen atoms in total. The molecular formula is C22H37N3O2. The fourth-order valence-electron chi connectivity index (χ4n) is 5.28. The minimum atomic E-state index is -0.330. The van der Waals surface area contributed by atoms with E-state index in [1.165, 1.54) is 0 Å². The Morgan fingerprint density at radius 3 is 2.63 bits per heavy atom. The second kappa shape index (κ2) is 8.76. The topological polar surface area (TPSA) is 43.9 Å². The van der Waals surface area contributed by atoms with E-state index in [4.69, 9.17) is 0 Å². The number of carbonyl (C=O) groups excluding carboxylic acids is 2. The van der Waals surface area contributed by atoms with Crippen LogP contribution >= 0.6 is 0 Å². The molecule has 2 saturated heterocycles. The van der Waals surface area contributed by atoms with E-state index in [1.807, 2.05) is 6.08 Å². The number of piperazine rings is 1. The maximum atomic E-state index is 13.7. The number of amides is 2. The van der Waals surface area contributed by atoms with Crippen LogP contribution in [0.3, 0.4) is 0 Å². The molecule has 0 aromatic carbocycles. The monoisotopic (exact) mass is 375 g/mol. The second-order valence-electron chi connectivity index (χ2n) is 9.07. The number of nitrogens with zero attached hydrogens (tertiary/aromatic N) is 3. The molecule has 1 aliphatic carbocycles. The minimum absolute atomic E-state index is 0.116. The first kappa shape index (κ1) is 20.4. The normalized spacial score (nSPS) is 29.7. The van der Waals surface area contributed by atoms with Gasteiger partial charge in [-0.1, -0.05) is 32.8 Å². The Hall–Kier alpha value is -1.36. The summed E-state index contributed by atoms with van der Waals surface area (Å²) in [6.07, 6.45) is 8.44. The number of likely N-dealkylation sites (tertiary alicyclic amines) is 1. The molecule has 0 unspecified atom stereocenters. The van der Waals surface area contributed by atoms with Crippen LogP contribution in [0.2, 0.25) is 0 Å². The van der Waals surface area contributed by atoms with Gasteiger partial charge >= 0.3 is 0 Å². The van der Waals surface area contributed by atoms with Crippen molar-refractivity contribution in [2.24, 2.45) is 11.3 Å². The highest BCUT2D eigenvalue weighted by Gasteiger charge is 2.54. The van der Waals surface area contributed by atoms with Crippen LogP contribution in [0.25, 0.3) is 0 Å². The molecule has 2 amide bonds. The summed E-state index contributed by atoms with van der Waals surface area (Å²) in [5, 5.41) is 0. The molecule has 1 saturated carbocycles. The molecule has 2 aliphatic heterocycles. The standard InChI is InChI=1S/C22H37N3O2/c1-4-12-23-14-16-24(17-15-23)21(27)22-10-6-5-7-19(22)25(13-9-18(2)3)20(26)8-11-22/h4,18-19H,1,5-17H2,2-3H3/t19-,22-/m1/s1. The minimum Gasteiger partial charge on any atom is -0.340 e. The third-order valence-electron chi connectivity index (χ3n) is 6.89. The third kappa shape index (κ3) is 4.23. The van der Waals surface area contributed by atoms with E-state index in [2.05, 4.69) is 35.1 Å². The number of hydrogen-bond acceptors (Lipinski definition) is 3. The fraction of sp³-hybridized carbons (Fsp3) is 0.818. The Balaban J connectivity index is 1.75. The molecule has 0 radical (unpaired) electrons. The first-order valence-corrected chi connectivity index (χ1v) is 10.9. The van der Waals surface area contributed by atoms with Crippen LogP contribution in [0.15, 0.2) is 12.7 Å². The molecule has 27 heavy (non-hydrogen) atoms. The Morgan fingerprint density at radius 2 is 1.96 bits per heavy atom. The van der Waals surface area contributed by atoms with Gasteiger partial charge in [-0.25, -0.2) is 0 Å². The van der Waals surface area contributed by atoms with Gasteiger partial charge in [0, 0.05) is 51.7 Å². The van der Waals surface area contributed by atoms with Crippen molar-refractivity contribution < 1.29 is 9.59 Å². The molecule has 152 valence electrons. The van der Waals surface area contributed by atoms with Gasteiger partial charge in [0.25, 0.3) is 0 Å². The molecule has 0 spiro atoms. The van der Waals surface area contributed by atoms with Crippen LogP contribution in [0.4, 0.5) is 0 Å². The van der Waals surface area contributed by atoms with Gasteiger partial charge in [0.15, 0.2) is 0 Å². The molecule has 2 atom stereocenters. The first-order valence-electron chi connectivity index (χ1n) is 10.9. The molecule has 0 N–H and O–H groups in total. The molecule has 2 heterocycles. The summed E-state index contributed by atoms with van der Waals surface area (Å²) in [6, 6.07) is 0.116. The highest BCUT2D eigenvalue weighted by molar-refractivity contribution is 5.88. The third-order valence-corrected chi connectivity index (χ3v) is 6.89. The van der Waals surface area contributed by atoms with Crippen molar-refractivity contribution >= 4 is 11.8 Å². The number of hydrogen-bond donors (Lipinski definition) is 0. The van der Waals surface area contributed by atoms with Crippen LogP contribution in [-0.2, 0) is 9.59 Å². The molecule has 3 aliphatic rings. The number of rotatable bonds is 6. The summed E-state index contributed by atoms with van der Waals surface area (Å²) in [4.78, 5) is 33.0. The Bertz CT molecular complexity index is 554. The SMILES string of the molecule is C=CCN1CCN(C(=O)[C@@]23CCCC[C@H]2N(CCC(C)C)C(=O)CC3)CC1. The van der Waals surface area contributed by atoms with Crippen molar-refractivity contribution in [1.82, 2.24) is 14.7 Å². The van der Waals surface area contributed by atoms with Crippen molar-refractivity contribution in [1.29, 1.82) is 0 Å². The van der Waals surface area contributed by atoms with Crippen LogP contribution in [0, 0.1) is 11.3 Å². The first-order chi connectivity index (χ1) is 13.0. The molecule has 5 heteroatoms. The van der Waals surface area contributed by atoms with E-state index >= 15 is 0 Å². The lowest BCUT2D eigenvalue weighted by atomic mass is 9.64. The van der Waals surface area contributed by atoms with Gasteiger partial charge in [0.1, 0.15) is 0 Å². The predicted octanol–water partition coefficient (Wildman–Crippen LogP) is 2.91. The summed E-state index contributed by atoms with van der Waals surface area (Å²) < 4.78 is 0. The Kier molecular flexibility index (Phi) is 6.61. The highest BCUT2D eigenvalue weighted by atomic mass is 16.2. The number of fused-ring (bicyclic) bond motifs is 1. The predicted molar refractivity (Wildman–Crippen MR) is 108 cm³/mol. The van der Waals surface area contributed by atoms with Crippen molar-refractivity contribution in [2.75, 3.05) is 39.3 Å². The zero-order valence-corrected chi connectivity index (χ0v) is 17.3. The smallest absolute Gasteiger partial charge is 0.230 e. The summed E-state index contributed by atoms with van der Waals surface area (Å²) >= 11 is 0. The zero-order valence-electron chi connectivity index (χ0n) is 17.3. The summed E-state index contributed by atoms with van der Waals surface area (Å²) in [7, 11) is 0. The van der Waals surface area contributed by atoms with Crippen molar-refractivity contribution in [3.05, 3.63) is 12.7 Å². The molecule has 0 bridgehead atoms. The van der Waals surface area contributed by atoms with Crippen LogP contribution in [0.1, 0.15) is 58.8 Å². The second-order valence-corrected chi connectivity index (χ2v) is 9.07. The van der Waals surface area contributed by atoms with Gasteiger partial charge in [0.2, 0.25) is 11.8 Å². The lowest BCUT2D eigenvalue weighted by Crippen LogP contribution is -2.64.